The van der Waals surface area contributed by atoms with E-state index in [1.807, 2.05) is 19.1 Å². The predicted octanol–water partition coefficient (Wildman–Crippen LogP) is 12.0. The van der Waals surface area contributed by atoms with E-state index in [1.54, 1.807) is 0 Å². The van der Waals surface area contributed by atoms with Crippen LogP contribution in [0.1, 0.15) is 109 Å². The third-order valence-electron chi connectivity index (χ3n) is 13.4. The van der Waals surface area contributed by atoms with Gasteiger partial charge in [0.1, 0.15) is 11.5 Å². The number of carbonyl (C=O) groups is 2. The fourth-order valence-electron chi connectivity index (χ4n) is 9.49. The van der Waals surface area contributed by atoms with Crippen molar-refractivity contribution < 1.29 is 28.9 Å². The molecule has 324 valence electrons. The van der Waals surface area contributed by atoms with Gasteiger partial charge in [-0.15, -0.1) is 0 Å². The zero-order chi connectivity index (χ0) is 42.2. The zero-order valence-electron chi connectivity index (χ0n) is 35.8. The van der Waals surface area contributed by atoms with E-state index in [9.17, 15) is 14.7 Å². The molecule has 2 heterocycles. The van der Waals surface area contributed by atoms with Gasteiger partial charge in [0.05, 0.1) is 40.7 Å². The summed E-state index contributed by atoms with van der Waals surface area (Å²) < 4.78 is 17.8. The predicted molar refractivity (Wildman–Crippen MR) is 242 cm³/mol. The number of carboxylic acids is 1. The summed E-state index contributed by atoms with van der Waals surface area (Å²) >= 11 is 13.6. The van der Waals surface area contributed by atoms with Gasteiger partial charge in [-0.1, -0.05) is 73.4 Å². The molecular formula is C50H64Cl2N2O6. The molecule has 0 unspecified atom stereocenters. The third kappa shape index (κ3) is 11.7. The number of piperidine rings is 2. The second kappa shape index (κ2) is 21.0. The minimum Gasteiger partial charge on any atom is -0.489 e. The van der Waals surface area contributed by atoms with Gasteiger partial charge in [-0.3, -0.25) is 19.4 Å². The highest BCUT2D eigenvalue weighted by atomic mass is 35.5. The van der Waals surface area contributed by atoms with Crippen molar-refractivity contribution in [1.29, 1.82) is 0 Å². The lowest BCUT2D eigenvalue weighted by Gasteiger charge is -2.30. The minimum absolute atomic E-state index is 0.0420. The van der Waals surface area contributed by atoms with Crippen molar-refractivity contribution in [1.82, 2.24) is 9.80 Å². The number of rotatable bonds is 11. The van der Waals surface area contributed by atoms with Crippen LogP contribution in [0.4, 0.5) is 0 Å². The summed E-state index contributed by atoms with van der Waals surface area (Å²) in [4.78, 5) is 27.9. The quantitative estimate of drug-likeness (QED) is 0.149. The molecule has 2 aliphatic carbocycles. The molecule has 1 N–H and O–H groups in total. The number of ether oxygens (including phenoxy) is 3. The van der Waals surface area contributed by atoms with Gasteiger partial charge in [0.15, 0.2) is 0 Å². The zero-order valence-corrected chi connectivity index (χ0v) is 37.3. The Morgan fingerprint density at radius 3 is 1.40 bits per heavy atom. The highest BCUT2D eigenvalue weighted by molar-refractivity contribution is 6.37. The topological polar surface area (TPSA) is 88.5 Å². The van der Waals surface area contributed by atoms with Crippen molar-refractivity contribution in [2.24, 2.45) is 23.7 Å². The lowest BCUT2D eigenvalue weighted by Crippen LogP contribution is -2.36. The molecule has 2 saturated carbocycles. The third-order valence-corrected chi connectivity index (χ3v) is 14.2. The van der Waals surface area contributed by atoms with E-state index in [0.29, 0.717) is 11.6 Å². The number of hydrogen-bond donors (Lipinski definition) is 1. The summed E-state index contributed by atoms with van der Waals surface area (Å²) in [5.74, 6) is 2.34. The second-order valence-electron chi connectivity index (χ2n) is 18.1. The van der Waals surface area contributed by atoms with Gasteiger partial charge in [0.2, 0.25) is 0 Å². The first-order valence-corrected chi connectivity index (χ1v) is 23.4. The Morgan fingerprint density at radius 2 is 1.00 bits per heavy atom. The summed E-state index contributed by atoms with van der Waals surface area (Å²) in [6, 6.07) is 21.2. The summed E-state index contributed by atoms with van der Waals surface area (Å²) in [5, 5.41) is 14.9. The molecule has 0 bridgehead atoms. The van der Waals surface area contributed by atoms with Crippen LogP contribution in [-0.2, 0) is 27.4 Å². The lowest BCUT2D eigenvalue weighted by atomic mass is 9.89. The summed E-state index contributed by atoms with van der Waals surface area (Å²) in [7, 11) is 0. The number of carbonyl (C=O) groups excluding carboxylic acids is 1. The molecule has 10 heteroatoms. The van der Waals surface area contributed by atoms with Crippen LogP contribution in [0.15, 0.2) is 60.7 Å². The number of carboxylic acid groups (broad SMARTS) is 1. The summed E-state index contributed by atoms with van der Waals surface area (Å²) in [5.41, 5.74) is 2.45. The van der Waals surface area contributed by atoms with Gasteiger partial charge in [-0.2, -0.15) is 0 Å². The summed E-state index contributed by atoms with van der Waals surface area (Å²) in [6.07, 6.45) is 13.0. The van der Waals surface area contributed by atoms with Gasteiger partial charge < -0.3 is 19.3 Å². The average molecular weight is 860 g/mol. The average Bonchev–Trinajstić information content (AvgIpc) is 3.25. The normalized spacial score (nSPS) is 23.5. The molecule has 8 nitrogen and oxygen atoms in total. The summed E-state index contributed by atoms with van der Waals surface area (Å²) in [6.45, 7) is 12.1. The molecule has 2 aliphatic heterocycles. The van der Waals surface area contributed by atoms with Gasteiger partial charge in [-0.05, 0) is 168 Å². The maximum atomic E-state index is 12.0. The highest BCUT2D eigenvalue weighted by Crippen LogP contribution is 2.38. The fourth-order valence-corrected chi connectivity index (χ4v) is 10.0. The molecule has 0 spiro atoms. The molecule has 0 atom stereocenters. The highest BCUT2D eigenvalue weighted by Gasteiger charge is 2.27. The first kappa shape index (κ1) is 44.5. The maximum absolute atomic E-state index is 12.0. The van der Waals surface area contributed by atoms with Crippen molar-refractivity contribution in [2.75, 3.05) is 32.8 Å². The Hall–Kier alpha value is -3.56. The Kier molecular flexibility index (Phi) is 15.6. The van der Waals surface area contributed by atoms with Gasteiger partial charge in [-0.25, -0.2) is 0 Å². The number of fused-ring (bicyclic) bond motifs is 2. The first-order chi connectivity index (χ1) is 29.0. The van der Waals surface area contributed by atoms with Crippen LogP contribution in [0.3, 0.4) is 0 Å². The number of nitrogens with zero attached hydrogens (tertiary/aromatic N) is 2. The number of aliphatic carboxylic acids is 1. The molecule has 8 rings (SSSR count). The Morgan fingerprint density at radius 1 is 0.600 bits per heavy atom. The minimum atomic E-state index is -0.665. The van der Waals surface area contributed by atoms with Crippen LogP contribution in [0, 0.1) is 23.7 Å². The molecule has 2 saturated heterocycles. The number of esters is 1. The number of benzene rings is 4. The molecule has 4 aromatic carbocycles. The molecule has 0 aromatic heterocycles. The van der Waals surface area contributed by atoms with Crippen LogP contribution in [0.2, 0.25) is 10.0 Å². The number of halogens is 2. The first-order valence-electron chi connectivity index (χ1n) is 22.6. The molecule has 4 fully saturated rings. The Bertz CT molecular complexity index is 2060. The molecule has 4 aromatic rings. The standard InChI is InChI=1S/C26H34ClNO3.C24H30ClNO3/c1-3-30-26(29)21-12-14-28(15-13-21)17-19-6-7-20-8-11-24(25(27)23(20)16-19)31-22-9-4-18(2)5-10-22;1-16-2-7-20(8-3-16)29-22-9-6-18-5-4-17(14-21(18)23(22)25)15-26-12-10-19(11-13-26)24(27)28/h6-8,11,16,18,21-22H,3-5,9-10,12-15,17H2,1-2H3;4-6,9,14,16,19-20H,2-3,7-8,10-13,15H2,1H3,(H,27,28). The van der Waals surface area contributed by atoms with E-state index in [2.05, 4.69) is 72.2 Å². The van der Waals surface area contributed by atoms with E-state index in [0.717, 1.165) is 141 Å². The lowest BCUT2D eigenvalue weighted by molar-refractivity contribution is -0.149. The maximum Gasteiger partial charge on any atom is 0.309 e. The van der Waals surface area contributed by atoms with Gasteiger partial charge in [0, 0.05) is 23.9 Å². The molecule has 4 aliphatic rings. The van der Waals surface area contributed by atoms with Gasteiger partial charge >= 0.3 is 11.9 Å². The molecular weight excluding hydrogens is 795 g/mol. The smallest absolute Gasteiger partial charge is 0.309 e. The van der Waals surface area contributed by atoms with Crippen molar-refractivity contribution in [2.45, 2.75) is 123 Å². The number of hydrogen-bond acceptors (Lipinski definition) is 7. The van der Waals surface area contributed by atoms with E-state index >= 15 is 0 Å². The van der Waals surface area contributed by atoms with Crippen LogP contribution in [-0.4, -0.2) is 71.8 Å². The molecule has 0 amide bonds. The van der Waals surface area contributed by atoms with Crippen LogP contribution in [0.25, 0.3) is 21.5 Å². The van der Waals surface area contributed by atoms with Crippen LogP contribution in [0.5, 0.6) is 11.5 Å². The van der Waals surface area contributed by atoms with Gasteiger partial charge in [0.25, 0.3) is 0 Å². The fraction of sp³-hybridized carbons (Fsp3) is 0.560. The van der Waals surface area contributed by atoms with E-state index < -0.39 is 5.97 Å². The van der Waals surface area contributed by atoms with E-state index in [1.165, 1.54) is 36.8 Å². The SMILES string of the molecule is CC1CCC(Oc2ccc3ccc(CN4CCC(C(=O)O)CC4)cc3c2Cl)CC1.CCOC(=O)C1CCN(Cc2ccc3ccc(OC4CCC(C)CC4)c(Cl)c3c2)CC1. The van der Waals surface area contributed by atoms with E-state index in [4.69, 9.17) is 37.4 Å². The van der Waals surface area contributed by atoms with Crippen LogP contribution < -0.4 is 9.47 Å². The monoisotopic (exact) mass is 858 g/mol. The van der Waals surface area contributed by atoms with Crippen molar-refractivity contribution in [3.8, 4) is 11.5 Å². The Balaban J connectivity index is 0.000000182. The molecule has 0 radical (unpaired) electrons. The molecule has 60 heavy (non-hydrogen) atoms. The largest absolute Gasteiger partial charge is 0.489 e. The Labute approximate surface area is 366 Å². The van der Waals surface area contributed by atoms with Crippen molar-refractivity contribution >= 4 is 56.7 Å². The van der Waals surface area contributed by atoms with Crippen molar-refractivity contribution in [3.05, 3.63) is 81.8 Å². The van der Waals surface area contributed by atoms with E-state index in [-0.39, 0.29) is 30.0 Å². The van der Waals surface area contributed by atoms with Crippen LogP contribution >= 0.6 is 23.2 Å². The second-order valence-corrected chi connectivity index (χ2v) is 18.8. The number of likely N-dealkylation sites (tertiary alicyclic amines) is 2. The van der Waals surface area contributed by atoms with Crippen molar-refractivity contribution in [3.63, 3.8) is 0 Å².